The van der Waals surface area contributed by atoms with Crippen LogP contribution in [0.3, 0.4) is 0 Å². The maximum absolute atomic E-state index is 12.9. The van der Waals surface area contributed by atoms with E-state index in [1.807, 2.05) is 54.3 Å². The Hall–Kier alpha value is -2.69. The molecule has 0 atom stereocenters. The van der Waals surface area contributed by atoms with Crippen molar-refractivity contribution in [2.45, 2.75) is 45.3 Å². The predicted molar refractivity (Wildman–Crippen MR) is 109 cm³/mol. The number of rotatable bonds is 8. The molecule has 0 heterocycles. The molecule has 1 aliphatic carbocycles. The molecule has 0 radical (unpaired) electrons. The predicted octanol–water partition coefficient (Wildman–Crippen LogP) is 4.69. The minimum atomic E-state index is 0.00435. The van der Waals surface area contributed by atoms with E-state index in [0.717, 1.165) is 24.2 Å². The van der Waals surface area contributed by atoms with E-state index in [2.05, 4.69) is 0 Å². The zero-order valence-corrected chi connectivity index (χ0v) is 16.9. The Labute approximate surface area is 167 Å². The minimum absolute atomic E-state index is 0.00435. The number of amides is 1. The van der Waals surface area contributed by atoms with Crippen LogP contribution in [0.1, 0.15) is 48.5 Å². The molecule has 5 nitrogen and oxygen atoms in total. The highest BCUT2D eigenvalue weighted by molar-refractivity contribution is 5.94. The van der Waals surface area contributed by atoms with E-state index < -0.39 is 0 Å². The molecular formula is C23H29NO4. The SMILES string of the molecule is CCN(Cc1ccc(OC)c(OC)c1)C(=O)c1ccc(OC2CCCC2)cc1. The van der Waals surface area contributed by atoms with Gasteiger partial charge in [-0.25, -0.2) is 0 Å². The molecule has 0 N–H and O–H groups in total. The molecule has 2 aromatic rings. The molecule has 1 saturated carbocycles. The van der Waals surface area contributed by atoms with Crippen LogP contribution in [0.5, 0.6) is 17.2 Å². The monoisotopic (exact) mass is 383 g/mol. The van der Waals surface area contributed by atoms with Gasteiger partial charge in [0.1, 0.15) is 5.75 Å². The van der Waals surface area contributed by atoms with Crippen molar-refractivity contribution < 1.29 is 19.0 Å². The van der Waals surface area contributed by atoms with Crippen LogP contribution < -0.4 is 14.2 Å². The second-order valence-corrected chi connectivity index (χ2v) is 7.06. The zero-order chi connectivity index (χ0) is 19.9. The fourth-order valence-electron chi connectivity index (χ4n) is 3.58. The summed E-state index contributed by atoms with van der Waals surface area (Å²) in [6, 6.07) is 13.2. The molecule has 0 saturated heterocycles. The first-order chi connectivity index (χ1) is 13.6. The Morgan fingerprint density at radius 2 is 1.68 bits per heavy atom. The van der Waals surface area contributed by atoms with Crippen LogP contribution in [-0.4, -0.2) is 37.7 Å². The summed E-state index contributed by atoms with van der Waals surface area (Å²) in [7, 11) is 3.22. The Morgan fingerprint density at radius 1 is 1.00 bits per heavy atom. The molecule has 0 bridgehead atoms. The summed E-state index contributed by atoms with van der Waals surface area (Å²) in [5.41, 5.74) is 1.66. The number of hydrogen-bond acceptors (Lipinski definition) is 4. The first kappa shape index (κ1) is 20.1. The molecular weight excluding hydrogens is 354 g/mol. The fourth-order valence-corrected chi connectivity index (χ4v) is 3.58. The van der Waals surface area contributed by atoms with Crippen molar-refractivity contribution in [3.8, 4) is 17.2 Å². The van der Waals surface area contributed by atoms with Crippen LogP contribution >= 0.6 is 0 Å². The molecule has 1 fully saturated rings. The lowest BCUT2D eigenvalue weighted by atomic mass is 10.1. The molecule has 0 spiro atoms. The average molecular weight is 383 g/mol. The molecule has 3 rings (SSSR count). The number of carbonyl (C=O) groups is 1. The summed E-state index contributed by atoms with van der Waals surface area (Å²) in [5, 5.41) is 0. The standard InChI is InChI=1S/C23H29NO4/c1-4-24(16-17-9-14-21(26-2)22(15-17)27-3)23(25)18-10-12-20(13-11-18)28-19-7-5-6-8-19/h9-15,19H,4-8,16H2,1-3H3. The van der Waals surface area contributed by atoms with Gasteiger partial charge >= 0.3 is 0 Å². The Kier molecular flexibility index (Phi) is 6.80. The Balaban J connectivity index is 1.67. The third kappa shape index (κ3) is 4.77. The lowest BCUT2D eigenvalue weighted by Gasteiger charge is -2.22. The molecule has 1 amide bonds. The zero-order valence-electron chi connectivity index (χ0n) is 16.9. The van der Waals surface area contributed by atoms with Crippen LogP contribution in [0.4, 0.5) is 0 Å². The average Bonchev–Trinajstić information content (AvgIpc) is 3.25. The highest BCUT2D eigenvalue weighted by atomic mass is 16.5. The first-order valence-electron chi connectivity index (χ1n) is 9.91. The highest BCUT2D eigenvalue weighted by Gasteiger charge is 2.18. The van der Waals surface area contributed by atoms with Crippen LogP contribution in [0.2, 0.25) is 0 Å². The summed E-state index contributed by atoms with van der Waals surface area (Å²) in [5.74, 6) is 2.19. The second-order valence-electron chi connectivity index (χ2n) is 7.06. The van der Waals surface area contributed by atoms with Gasteiger partial charge in [-0.2, -0.15) is 0 Å². The van der Waals surface area contributed by atoms with E-state index in [0.29, 0.717) is 36.3 Å². The van der Waals surface area contributed by atoms with Gasteiger partial charge in [0.15, 0.2) is 11.5 Å². The minimum Gasteiger partial charge on any atom is -0.493 e. The highest BCUT2D eigenvalue weighted by Crippen LogP contribution is 2.28. The summed E-state index contributed by atoms with van der Waals surface area (Å²) in [4.78, 5) is 14.8. The first-order valence-corrected chi connectivity index (χ1v) is 9.91. The van der Waals surface area contributed by atoms with E-state index >= 15 is 0 Å². The molecule has 28 heavy (non-hydrogen) atoms. The van der Waals surface area contributed by atoms with Crippen molar-refractivity contribution in [2.24, 2.45) is 0 Å². The van der Waals surface area contributed by atoms with Crippen molar-refractivity contribution in [2.75, 3.05) is 20.8 Å². The molecule has 150 valence electrons. The normalized spacial score (nSPS) is 14.0. The molecule has 2 aromatic carbocycles. The van der Waals surface area contributed by atoms with Gasteiger partial charge in [-0.1, -0.05) is 6.07 Å². The Morgan fingerprint density at radius 3 is 2.29 bits per heavy atom. The van der Waals surface area contributed by atoms with Gasteiger partial charge < -0.3 is 19.1 Å². The number of carbonyl (C=O) groups excluding carboxylic acids is 1. The van der Waals surface area contributed by atoms with Crippen molar-refractivity contribution in [1.29, 1.82) is 0 Å². The number of nitrogens with zero attached hydrogens (tertiary/aromatic N) is 1. The van der Waals surface area contributed by atoms with Crippen molar-refractivity contribution in [3.05, 3.63) is 53.6 Å². The van der Waals surface area contributed by atoms with Crippen LogP contribution in [0.15, 0.2) is 42.5 Å². The quantitative estimate of drug-likeness (QED) is 0.664. The fraction of sp³-hybridized carbons (Fsp3) is 0.435. The van der Waals surface area contributed by atoms with Gasteiger partial charge in [0.2, 0.25) is 0 Å². The number of benzene rings is 2. The summed E-state index contributed by atoms with van der Waals surface area (Å²) in [6.07, 6.45) is 5.04. The van der Waals surface area contributed by atoms with Gasteiger partial charge in [-0.05, 0) is 74.6 Å². The van der Waals surface area contributed by atoms with E-state index in [9.17, 15) is 4.79 Å². The Bertz CT molecular complexity index is 782. The van der Waals surface area contributed by atoms with E-state index in [-0.39, 0.29) is 5.91 Å². The van der Waals surface area contributed by atoms with Crippen molar-refractivity contribution in [1.82, 2.24) is 4.90 Å². The number of hydrogen-bond donors (Lipinski definition) is 0. The van der Waals surface area contributed by atoms with Crippen LogP contribution in [0.25, 0.3) is 0 Å². The molecule has 1 aliphatic rings. The van der Waals surface area contributed by atoms with E-state index in [4.69, 9.17) is 14.2 Å². The topological polar surface area (TPSA) is 48.0 Å². The maximum atomic E-state index is 12.9. The smallest absolute Gasteiger partial charge is 0.254 e. The molecule has 0 aromatic heterocycles. The lowest BCUT2D eigenvalue weighted by molar-refractivity contribution is 0.0752. The largest absolute Gasteiger partial charge is 0.493 e. The van der Waals surface area contributed by atoms with Gasteiger partial charge in [-0.3, -0.25) is 4.79 Å². The van der Waals surface area contributed by atoms with Gasteiger partial charge in [0.25, 0.3) is 5.91 Å². The molecule has 5 heteroatoms. The number of ether oxygens (including phenoxy) is 3. The van der Waals surface area contributed by atoms with Gasteiger partial charge in [0.05, 0.1) is 20.3 Å². The van der Waals surface area contributed by atoms with Crippen LogP contribution in [-0.2, 0) is 6.54 Å². The maximum Gasteiger partial charge on any atom is 0.254 e. The summed E-state index contributed by atoms with van der Waals surface area (Å²) >= 11 is 0. The third-order valence-electron chi connectivity index (χ3n) is 5.20. The van der Waals surface area contributed by atoms with E-state index in [1.54, 1.807) is 14.2 Å². The van der Waals surface area contributed by atoms with Crippen LogP contribution in [0, 0.1) is 0 Å². The summed E-state index contributed by atoms with van der Waals surface area (Å²) < 4.78 is 16.6. The second kappa shape index (κ2) is 9.49. The van der Waals surface area contributed by atoms with E-state index in [1.165, 1.54) is 12.8 Å². The third-order valence-corrected chi connectivity index (χ3v) is 5.20. The molecule has 0 unspecified atom stereocenters. The van der Waals surface area contributed by atoms with Crippen molar-refractivity contribution in [3.63, 3.8) is 0 Å². The lowest BCUT2D eigenvalue weighted by Crippen LogP contribution is -2.30. The number of methoxy groups -OCH3 is 2. The summed E-state index contributed by atoms with van der Waals surface area (Å²) in [6.45, 7) is 3.11. The van der Waals surface area contributed by atoms with Gasteiger partial charge in [-0.15, -0.1) is 0 Å². The van der Waals surface area contributed by atoms with Gasteiger partial charge in [0, 0.05) is 18.7 Å². The molecule has 0 aliphatic heterocycles. The van der Waals surface area contributed by atoms with Crippen molar-refractivity contribution >= 4 is 5.91 Å².